The number of thiophene rings is 1. The van der Waals surface area contributed by atoms with Crippen molar-refractivity contribution in [2.45, 2.75) is 26.8 Å². The van der Waals surface area contributed by atoms with Gasteiger partial charge in [0.15, 0.2) is 5.17 Å². The molecule has 0 saturated carbocycles. The Morgan fingerprint density at radius 1 is 1.43 bits per heavy atom. The Balaban J connectivity index is 2.66. The van der Waals surface area contributed by atoms with Gasteiger partial charge in [-0.15, -0.1) is 11.3 Å². The molecule has 3 N–H and O–H groups in total. The summed E-state index contributed by atoms with van der Waals surface area (Å²) < 4.78 is 0. The van der Waals surface area contributed by atoms with Gasteiger partial charge in [0.05, 0.1) is 4.88 Å². The Labute approximate surface area is 132 Å². The van der Waals surface area contributed by atoms with Crippen molar-refractivity contribution >= 4 is 40.1 Å². The van der Waals surface area contributed by atoms with E-state index < -0.39 is 6.04 Å². The number of rotatable bonds is 5. The predicted octanol–water partition coefficient (Wildman–Crippen LogP) is 2.82. The lowest BCUT2D eigenvalue weighted by Crippen LogP contribution is -2.50. The maximum Gasteiger partial charge on any atom is 0.262 e. The van der Waals surface area contributed by atoms with Gasteiger partial charge in [0.2, 0.25) is 5.91 Å². The molecule has 0 aliphatic heterocycles. The molecule has 0 aliphatic rings. The van der Waals surface area contributed by atoms with E-state index in [9.17, 15) is 9.59 Å². The number of hydrogen-bond acceptors (Lipinski definition) is 5. The number of hydrogen-bond donors (Lipinski definition) is 3. The standard InChI is InChI=1S/C14H19N3O2S2/c1-4-7-21-14(15)17-13(19)11(9(2)3)16-12(18)10-6-5-8-20-10/h4-9,11H,1-3H3,(H,16,18)(H2,15,17,19)/b7-4-/t11-/m0/s1. The first-order chi connectivity index (χ1) is 9.95. The first-order valence-electron chi connectivity index (χ1n) is 6.47. The summed E-state index contributed by atoms with van der Waals surface area (Å²) in [6, 6.07) is 2.82. The molecule has 0 aromatic carbocycles. The number of amides is 2. The van der Waals surface area contributed by atoms with Crippen molar-refractivity contribution in [3.63, 3.8) is 0 Å². The average Bonchev–Trinajstić information content (AvgIpc) is 2.95. The Bertz CT molecular complexity index is 524. The zero-order valence-corrected chi connectivity index (χ0v) is 13.8. The molecular weight excluding hydrogens is 306 g/mol. The van der Waals surface area contributed by atoms with Crippen LogP contribution in [-0.4, -0.2) is 23.0 Å². The normalized spacial score (nSPS) is 12.4. The molecule has 1 aromatic heterocycles. The fraction of sp³-hybridized carbons (Fsp3) is 0.357. The van der Waals surface area contributed by atoms with E-state index in [1.807, 2.05) is 26.2 Å². The molecule has 114 valence electrons. The highest BCUT2D eigenvalue weighted by atomic mass is 32.2. The maximum atomic E-state index is 12.2. The van der Waals surface area contributed by atoms with Crippen molar-refractivity contribution in [2.24, 2.45) is 5.92 Å². The van der Waals surface area contributed by atoms with Gasteiger partial charge in [0, 0.05) is 0 Å². The van der Waals surface area contributed by atoms with Gasteiger partial charge < -0.3 is 10.6 Å². The van der Waals surface area contributed by atoms with Gasteiger partial charge in [-0.05, 0) is 29.7 Å². The third kappa shape index (κ3) is 5.73. The van der Waals surface area contributed by atoms with Gasteiger partial charge in [-0.25, -0.2) is 0 Å². The minimum absolute atomic E-state index is 0.0362. The summed E-state index contributed by atoms with van der Waals surface area (Å²) in [4.78, 5) is 24.8. The lowest BCUT2D eigenvalue weighted by molar-refractivity contribution is -0.122. The molecule has 0 bridgehead atoms. The predicted molar refractivity (Wildman–Crippen MR) is 88.7 cm³/mol. The molecule has 21 heavy (non-hydrogen) atoms. The van der Waals surface area contributed by atoms with Crippen LogP contribution in [0.2, 0.25) is 0 Å². The van der Waals surface area contributed by atoms with E-state index in [1.165, 1.54) is 11.3 Å². The molecule has 0 aliphatic carbocycles. The molecule has 1 heterocycles. The van der Waals surface area contributed by atoms with Crippen molar-refractivity contribution in [1.29, 1.82) is 5.41 Å². The van der Waals surface area contributed by atoms with Crippen LogP contribution in [0.3, 0.4) is 0 Å². The average molecular weight is 325 g/mol. The molecule has 0 unspecified atom stereocenters. The number of carbonyl (C=O) groups excluding carboxylic acids is 2. The van der Waals surface area contributed by atoms with Gasteiger partial charge in [-0.3, -0.25) is 15.0 Å². The first kappa shape index (κ1) is 17.5. The number of allylic oxidation sites excluding steroid dienone is 1. The van der Waals surface area contributed by atoms with E-state index in [0.29, 0.717) is 4.88 Å². The summed E-state index contributed by atoms with van der Waals surface area (Å²) in [5.74, 6) is -0.725. The van der Waals surface area contributed by atoms with Crippen LogP contribution in [0.15, 0.2) is 29.0 Å². The Morgan fingerprint density at radius 2 is 2.14 bits per heavy atom. The van der Waals surface area contributed by atoms with Gasteiger partial charge in [-0.2, -0.15) is 0 Å². The van der Waals surface area contributed by atoms with Crippen LogP contribution in [-0.2, 0) is 4.79 Å². The van der Waals surface area contributed by atoms with Gasteiger partial charge in [0.25, 0.3) is 5.91 Å². The molecule has 1 atom stereocenters. The van der Waals surface area contributed by atoms with Crippen molar-refractivity contribution in [3.05, 3.63) is 33.9 Å². The van der Waals surface area contributed by atoms with Crippen LogP contribution in [0.1, 0.15) is 30.4 Å². The Kier molecular flexibility index (Phi) is 7.18. The zero-order valence-electron chi connectivity index (χ0n) is 12.2. The van der Waals surface area contributed by atoms with Crippen LogP contribution in [0.25, 0.3) is 0 Å². The summed E-state index contributed by atoms with van der Waals surface area (Å²) in [6.45, 7) is 5.53. The molecule has 0 spiro atoms. The van der Waals surface area contributed by atoms with E-state index >= 15 is 0 Å². The van der Waals surface area contributed by atoms with Crippen molar-refractivity contribution in [3.8, 4) is 0 Å². The van der Waals surface area contributed by atoms with Crippen LogP contribution >= 0.6 is 23.1 Å². The molecule has 5 nitrogen and oxygen atoms in total. The third-order valence-corrected chi connectivity index (χ3v) is 4.15. The van der Waals surface area contributed by atoms with Crippen molar-refractivity contribution in [1.82, 2.24) is 10.6 Å². The van der Waals surface area contributed by atoms with E-state index in [2.05, 4.69) is 10.6 Å². The summed E-state index contributed by atoms with van der Waals surface area (Å²) in [5, 5.41) is 16.4. The van der Waals surface area contributed by atoms with Crippen LogP contribution in [0, 0.1) is 11.3 Å². The molecule has 1 rings (SSSR count). The van der Waals surface area contributed by atoms with Crippen LogP contribution in [0.5, 0.6) is 0 Å². The summed E-state index contributed by atoms with van der Waals surface area (Å²) in [5.41, 5.74) is 0. The second-order valence-electron chi connectivity index (χ2n) is 4.58. The van der Waals surface area contributed by atoms with E-state index in [1.54, 1.807) is 23.6 Å². The smallest absolute Gasteiger partial charge is 0.262 e. The molecule has 0 saturated heterocycles. The van der Waals surface area contributed by atoms with Gasteiger partial charge in [0.1, 0.15) is 6.04 Å². The number of nitrogens with one attached hydrogen (secondary N) is 3. The second kappa shape index (κ2) is 8.63. The molecular formula is C14H19N3O2S2. The van der Waals surface area contributed by atoms with Crippen LogP contribution in [0.4, 0.5) is 0 Å². The van der Waals surface area contributed by atoms with E-state index in [0.717, 1.165) is 11.8 Å². The molecule has 2 amide bonds. The highest BCUT2D eigenvalue weighted by molar-refractivity contribution is 8.16. The van der Waals surface area contributed by atoms with Gasteiger partial charge >= 0.3 is 0 Å². The van der Waals surface area contributed by atoms with Crippen molar-refractivity contribution in [2.75, 3.05) is 0 Å². The molecule has 0 fully saturated rings. The fourth-order valence-corrected chi connectivity index (χ4v) is 2.57. The Hall–Kier alpha value is -1.60. The molecule has 7 heteroatoms. The number of amidine groups is 1. The van der Waals surface area contributed by atoms with Crippen LogP contribution < -0.4 is 10.6 Å². The summed E-state index contributed by atoms with van der Waals surface area (Å²) in [7, 11) is 0. The number of thioether (sulfide) groups is 1. The minimum atomic E-state index is -0.675. The third-order valence-electron chi connectivity index (χ3n) is 2.54. The topological polar surface area (TPSA) is 82.1 Å². The maximum absolute atomic E-state index is 12.2. The SMILES string of the molecule is C/C=C\SC(=N)NC(=O)[C@@H](NC(=O)c1cccs1)C(C)C. The lowest BCUT2D eigenvalue weighted by Gasteiger charge is -2.21. The fourth-order valence-electron chi connectivity index (χ4n) is 1.51. The van der Waals surface area contributed by atoms with E-state index in [4.69, 9.17) is 5.41 Å². The van der Waals surface area contributed by atoms with Crippen molar-refractivity contribution < 1.29 is 9.59 Å². The second-order valence-corrected chi connectivity index (χ2v) is 6.44. The summed E-state index contributed by atoms with van der Waals surface area (Å²) >= 11 is 2.43. The highest BCUT2D eigenvalue weighted by Crippen LogP contribution is 2.11. The zero-order chi connectivity index (χ0) is 15.8. The largest absolute Gasteiger partial charge is 0.339 e. The quantitative estimate of drug-likeness (QED) is 0.575. The molecule has 0 radical (unpaired) electrons. The first-order valence-corrected chi connectivity index (χ1v) is 8.23. The highest BCUT2D eigenvalue weighted by Gasteiger charge is 2.25. The summed E-state index contributed by atoms with van der Waals surface area (Å²) in [6.07, 6.45) is 1.78. The molecule has 1 aromatic rings. The monoisotopic (exact) mass is 325 g/mol. The van der Waals surface area contributed by atoms with Gasteiger partial charge in [-0.1, -0.05) is 37.8 Å². The Morgan fingerprint density at radius 3 is 2.67 bits per heavy atom. The number of carbonyl (C=O) groups is 2. The lowest BCUT2D eigenvalue weighted by atomic mass is 10.0. The van der Waals surface area contributed by atoms with E-state index in [-0.39, 0.29) is 22.9 Å². The minimum Gasteiger partial charge on any atom is -0.339 e.